The zero-order chi connectivity index (χ0) is 23.4. The molecule has 0 aliphatic carbocycles. The first kappa shape index (κ1) is 21.8. The zero-order valence-corrected chi connectivity index (χ0v) is 18.3. The fourth-order valence-electron chi connectivity index (χ4n) is 3.24. The largest absolute Gasteiger partial charge is 0.497 e. The Kier molecular flexibility index (Phi) is 6.22. The molecule has 33 heavy (non-hydrogen) atoms. The van der Waals surface area contributed by atoms with Gasteiger partial charge in [-0.25, -0.2) is 14.6 Å². The van der Waals surface area contributed by atoms with Gasteiger partial charge in [0.2, 0.25) is 5.90 Å². The molecule has 0 N–H and O–H groups in total. The molecule has 0 fully saturated rings. The van der Waals surface area contributed by atoms with Crippen LogP contribution in [0, 0.1) is 6.92 Å². The summed E-state index contributed by atoms with van der Waals surface area (Å²) in [4.78, 5) is 29.1. The lowest BCUT2D eigenvalue weighted by Gasteiger charge is -2.10. The summed E-state index contributed by atoms with van der Waals surface area (Å²) in [6.45, 7) is 1.90. The first-order valence-electron chi connectivity index (χ1n) is 10.1. The molecule has 7 heteroatoms. The van der Waals surface area contributed by atoms with Crippen molar-refractivity contribution >= 4 is 23.9 Å². The lowest BCUT2D eigenvalue weighted by atomic mass is 10.1. The van der Waals surface area contributed by atoms with E-state index in [0.717, 1.165) is 5.56 Å². The highest BCUT2D eigenvalue weighted by atomic mass is 16.6. The maximum absolute atomic E-state index is 12.5. The van der Waals surface area contributed by atoms with Gasteiger partial charge in [0.05, 0.1) is 19.8 Å². The SMILES string of the molecule is COc1cccc(C2=N/C(=C\c3ccc(OC(=O)c4cccc(C)c4)c(OC)c3)C(=O)O2)c1. The third-order valence-electron chi connectivity index (χ3n) is 4.88. The molecule has 0 saturated heterocycles. The van der Waals surface area contributed by atoms with Crippen molar-refractivity contribution in [2.45, 2.75) is 6.92 Å². The van der Waals surface area contributed by atoms with Crippen molar-refractivity contribution in [3.8, 4) is 17.2 Å². The summed E-state index contributed by atoms with van der Waals surface area (Å²) >= 11 is 0. The minimum Gasteiger partial charge on any atom is -0.497 e. The van der Waals surface area contributed by atoms with Crippen LogP contribution in [0.15, 0.2) is 77.4 Å². The lowest BCUT2D eigenvalue weighted by Crippen LogP contribution is -2.09. The zero-order valence-electron chi connectivity index (χ0n) is 18.3. The Morgan fingerprint density at radius 2 is 1.76 bits per heavy atom. The Morgan fingerprint density at radius 3 is 2.52 bits per heavy atom. The Morgan fingerprint density at radius 1 is 0.939 bits per heavy atom. The van der Waals surface area contributed by atoms with Crippen molar-refractivity contribution in [1.82, 2.24) is 0 Å². The number of carbonyl (C=O) groups is 2. The van der Waals surface area contributed by atoms with Crippen molar-refractivity contribution in [2.75, 3.05) is 14.2 Å². The van der Waals surface area contributed by atoms with E-state index in [4.69, 9.17) is 18.9 Å². The van der Waals surface area contributed by atoms with Gasteiger partial charge in [0, 0.05) is 5.56 Å². The highest BCUT2D eigenvalue weighted by molar-refractivity contribution is 6.13. The number of hydrogen-bond donors (Lipinski definition) is 0. The summed E-state index contributed by atoms with van der Waals surface area (Å²) in [6, 6.07) is 19.2. The van der Waals surface area contributed by atoms with Crippen LogP contribution in [0.4, 0.5) is 0 Å². The molecule has 3 aromatic rings. The molecule has 0 atom stereocenters. The number of benzene rings is 3. The summed E-state index contributed by atoms with van der Waals surface area (Å²) in [5.41, 5.74) is 2.79. The van der Waals surface area contributed by atoms with E-state index in [1.54, 1.807) is 73.8 Å². The van der Waals surface area contributed by atoms with Crippen LogP contribution in [0.3, 0.4) is 0 Å². The van der Waals surface area contributed by atoms with Crippen LogP contribution in [0.5, 0.6) is 17.2 Å². The fraction of sp³-hybridized carbons (Fsp3) is 0.115. The number of carbonyl (C=O) groups excluding carboxylic acids is 2. The summed E-state index contributed by atoms with van der Waals surface area (Å²) in [6.07, 6.45) is 1.57. The van der Waals surface area contributed by atoms with Crippen LogP contribution in [0.1, 0.15) is 27.0 Å². The molecule has 1 aliphatic rings. The van der Waals surface area contributed by atoms with Crippen LogP contribution >= 0.6 is 0 Å². The molecular weight excluding hydrogens is 422 g/mol. The van der Waals surface area contributed by atoms with Crippen LogP contribution in [-0.4, -0.2) is 32.1 Å². The average molecular weight is 443 g/mol. The first-order chi connectivity index (χ1) is 16.0. The van der Waals surface area contributed by atoms with Crippen molar-refractivity contribution in [2.24, 2.45) is 4.99 Å². The number of cyclic esters (lactones) is 1. The first-order valence-corrected chi connectivity index (χ1v) is 10.1. The molecule has 1 aliphatic heterocycles. The fourth-order valence-corrected chi connectivity index (χ4v) is 3.24. The Bertz CT molecular complexity index is 1290. The van der Waals surface area contributed by atoms with Gasteiger partial charge >= 0.3 is 11.9 Å². The van der Waals surface area contributed by atoms with E-state index < -0.39 is 11.9 Å². The second kappa shape index (κ2) is 9.40. The van der Waals surface area contributed by atoms with E-state index >= 15 is 0 Å². The predicted molar refractivity (Wildman–Crippen MR) is 123 cm³/mol. The molecule has 0 aromatic heterocycles. The van der Waals surface area contributed by atoms with Crippen molar-refractivity contribution < 1.29 is 28.5 Å². The summed E-state index contributed by atoms with van der Waals surface area (Å²) in [5.74, 6) is 0.372. The molecule has 4 rings (SSSR count). The monoisotopic (exact) mass is 443 g/mol. The van der Waals surface area contributed by atoms with Crippen LogP contribution in [-0.2, 0) is 9.53 Å². The number of hydrogen-bond acceptors (Lipinski definition) is 7. The second-order valence-corrected chi connectivity index (χ2v) is 7.24. The molecule has 0 spiro atoms. The second-order valence-electron chi connectivity index (χ2n) is 7.24. The van der Waals surface area contributed by atoms with Gasteiger partial charge in [-0.2, -0.15) is 0 Å². The van der Waals surface area contributed by atoms with Gasteiger partial charge in [0.1, 0.15) is 5.75 Å². The molecule has 1 heterocycles. The van der Waals surface area contributed by atoms with Gasteiger partial charge in [0.25, 0.3) is 0 Å². The summed E-state index contributed by atoms with van der Waals surface area (Å²) in [7, 11) is 3.03. The summed E-state index contributed by atoms with van der Waals surface area (Å²) < 4.78 is 21.4. The van der Waals surface area contributed by atoms with Crippen molar-refractivity contribution in [3.05, 3.63) is 94.7 Å². The number of aryl methyl sites for hydroxylation is 1. The predicted octanol–water partition coefficient (Wildman–Crippen LogP) is 4.58. The lowest BCUT2D eigenvalue weighted by molar-refractivity contribution is -0.129. The van der Waals surface area contributed by atoms with E-state index in [1.807, 2.05) is 13.0 Å². The molecule has 0 unspecified atom stereocenters. The standard InChI is InChI=1S/C26H21NO6/c1-16-6-4-8-19(12-16)25(28)32-22-11-10-17(14-23(22)31-3)13-21-26(29)33-24(27-21)18-7-5-9-20(15-18)30-2/h4-15H,1-3H3/b21-13-. The van der Waals surface area contributed by atoms with E-state index in [2.05, 4.69) is 4.99 Å². The van der Waals surface area contributed by atoms with Gasteiger partial charge < -0.3 is 18.9 Å². The van der Waals surface area contributed by atoms with Crippen LogP contribution < -0.4 is 14.2 Å². The van der Waals surface area contributed by atoms with Gasteiger partial charge in [-0.05, 0) is 61.0 Å². The Hall–Kier alpha value is -4.39. The normalized spacial score (nSPS) is 14.0. The molecule has 0 bridgehead atoms. The highest BCUT2D eigenvalue weighted by Gasteiger charge is 2.24. The van der Waals surface area contributed by atoms with Crippen molar-refractivity contribution in [1.29, 1.82) is 0 Å². The number of methoxy groups -OCH3 is 2. The number of ether oxygens (including phenoxy) is 4. The third kappa shape index (κ3) is 4.93. The molecule has 0 amide bonds. The van der Waals surface area contributed by atoms with E-state index in [9.17, 15) is 9.59 Å². The molecular formula is C26H21NO6. The van der Waals surface area contributed by atoms with Gasteiger partial charge in [-0.15, -0.1) is 0 Å². The maximum atomic E-state index is 12.5. The van der Waals surface area contributed by atoms with Crippen molar-refractivity contribution in [3.63, 3.8) is 0 Å². The maximum Gasteiger partial charge on any atom is 0.363 e. The topological polar surface area (TPSA) is 83.4 Å². The quantitative estimate of drug-likeness (QED) is 0.315. The minimum absolute atomic E-state index is 0.138. The van der Waals surface area contributed by atoms with Crippen LogP contribution in [0.2, 0.25) is 0 Å². The molecule has 0 radical (unpaired) electrons. The van der Waals surface area contributed by atoms with Gasteiger partial charge in [-0.3, -0.25) is 0 Å². The third-order valence-corrected chi connectivity index (χ3v) is 4.88. The minimum atomic E-state index is -0.568. The average Bonchev–Trinajstić information content (AvgIpc) is 3.20. The number of aliphatic imine (C=N–C) groups is 1. The number of esters is 2. The van der Waals surface area contributed by atoms with Gasteiger partial charge in [-0.1, -0.05) is 29.8 Å². The molecule has 7 nitrogen and oxygen atoms in total. The molecule has 3 aromatic carbocycles. The van der Waals surface area contributed by atoms with Crippen LogP contribution in [0.25, 0.3) is 6.08 Å². The van der Waals surface area contributed by atoms with E-state index in [-0.39, 0.29) is 17.3 Å². The smallest absolute Gasteiger partial charge is 0.363 e. The number of rotatable bonds is 6. The van der Waals surface area contributed by atoms with E-state index in [0.29, 0.717) is 28.2 Å². The molecule has 0 saturated carbocycles. The Labute approximate surface area is 190 Å². The Balaban J connectivity index is 1.57. The summed E-state index contributed by atoms with van der Waals surface area (Å²) in [5, 5.41) is 0. The highest BCUT2D eigenvalue weighted by Crippen LogP contribution is 2.30. The number of nitrogens with zero attached hydrogens (tertiary/aromatic N) is 1. The molecule has 166 valence electrons. The van der Waals surface area contributed by atoms with Gasteiger partial charge in [0.15, 0.2) is 17.2 Å². The van der Waals surface area contributed by atoms with E-state index in [1.165, 1.54) is 7.11 Å².